The summed E-state index contributed by atoms with van der Waals surface area (Å²) in [6.45, 7) is 2.69. The van der Waals surface area contributed by atoms with Crippen LogP contribution in [-0.2, 0) is 16.6 Å². The minimum atomic E-state index is -3.74. The lowest BCUT2D eigenvalue weighted by Gasteiger charge is -2.04. The molecular formula is C19H19N3O5S. The lowest BCUT2D eigenvalue weighted by Crippen LogP contribution is -2.23. The lowest BCUT2D eigenvalue weighted by atomic mass is 10.1. The van der Waals surface area contributed by atoms with E-state index in [1.165, 1.54) is 12.1 Å². The molecule has 146 valence electrons. The quantitative estimate of drug-likeness (QED) is 0.626. The van der Waals surface area contributed by atoms with Gasteiger partial charge in [-0.25, -0.2) is 13.6 Å². The number of amides is 1. The Bertz CT molecular complexity index is 1060. The van der Waals surface area contributed by atoms with Crippen LogP contribution >= 0.6 is 0 Å². The summed E-state index contributed by atoms with van der Waals surface area (Å²) in [7, 11) is -3.74. The number of hydrogen-bond donors (Lipinski definition) is 2. The normalized spacial score (nSPS) is 11.2. The molecule has 1 amide bonds. The van der Waals surface area contributed by atoms with E-state index in [0.717, 1.165) is 16.9 Å². The number of carbonyl (C=O) groups excluding carboxylic acids is 1. The number of benzene rings is 2. The molecule has 0 radical (unpaired) electrons. The Hall–Kier alpha value is -3.17. The van der Waals surface area contributed by atoms with E-state index < -0.39 is 15.9 Å². The van der Waals surface area contributed by atoms with Crippen molar-refractivity contribution in [2.75, 3.05) is 6.61 Å². The van der Waals surface area contributed by atoms with Crippen molar-refractivity contribution in [2.45, 2.75) is 18.4 Å². The molecule has 3 rings (SSSR count). The first kappa shape index (κ1) is 19.6. The Kier molecular flexibility index (Phi) is 5.76. The van der Waals surface area contributed by atoms with Crippen LogP contribution in [0.4, 0.5) is 0 Å². The summed E-state index contributed by atoms with van der Waals surface area (Å²) >= 11 is 0. The number of primary sulfonamides is 1. The number of nitrogens with one attached hydrogen (secondary N) is 1. The third kappa shape index (κ3) is 4.76. The summed E-state index contributed by atoms with van der Waals surface area (Å²) < 4.78 is 33.1. The number of nitrogens with zero attached hydrogens (tertiary/aromatic N) is 1. The van der Waals surface area contributed by atoms with Gasteiger partial charge in [0.1, 0.15) is 5.75 Å². The summed E-state index contributed by atoms with van der Waals surface area (Å²) in [5, 5.41) is 11.6. The van der Waals surface area contributed by atoms with Gasteiger partial charge in [0.15, 0.2) is 11.5 Å². The minimum absolute atomic E-state index is 0.0130. The van der Waals surface area contributed by atoms with Crippen molar-refractivity contribution in [3.8, 4) is 17.1 Å². The second-order valence-electron chi connectivity index (χ2n) is 5.91. The maximum absolute atomic E-state index is 12.3. The zero-order chi connectivity index (χ0) is 20.1. The van der Waals surface area contributed by atoms with Crippen molar-refractivity contribution in [1.82, 2.24) is 10.5 Å². The minimum Gasteiger partial charge on any atom is -0.494 e. The first-order chi connectivity index (χ1) is 13.4. The Balaban J connectivity index is 1.62. The molecule has 2 aromatic carbocycles. The van der Waals surface area contributed by atoms with Crippen LogP contribution in [0.15, 0.2) is 64.0 Å². The largest absolute Gasteiger partial charge is 0.494 e. The molecule has 0 aliphatic carbocycles. The fraction of sp³-hybridized carbons (Fsp3) is 0.158. The van der Waals surface area contributed by atoms with Crippen LogP contribution in [0.2, 0.25) is 0 Å². The second-order valence-corrected chi connectivity index (χ2v) is 7.47. The van der Waals surface area contributed by atoms with Gasteiger partial charge in [0.2, 0.25) is 10.0 Å². The average molecular weight is 401 g/mol. The lowest BCUT2D eigenvalue weighted by molar-refractivity contribution is 0.0942. The number of aromatic nitrogens is 1. The highest BCUT2D eigenvalue weighted by atomic mass is 32.2. The fourth-order valence-electron chi connectivity index (χ4n) is 2.47. The Labute approximate surface area is 162 Å². The topological polar surface area (TPSA) is 125 Å². The van der Waals surface area contributed by atoms with Crippen LogP contribution in [0, 0.1) is 0 Å². The van der Waals surface area contributed by atoms with E-state index in [0.29, 0.717) is 12.4 Å². The highest BCUT2D eigenvalue weighted by molar-refractivity contribution is 7.89. The van der Waals surface area contributed by atoms with Crippen molar-refractivity contribution in [3.05, 3.63) is 65.9 Å². The monoisotopic (exact) mass is 401 g/mol. The number of hydrogen-bond acceptors (Lipinski definition) is 6. The zero-order valence-corrected chi connectivity index (χ0v) is 15.9. The molecule has 1 aromatic heterocycles. The molecule has 28 heavy (non-hydrogen) atoms. The van der Waals surface area contributed by atoms with Crippen molar-refractivity contribution in [2.24, 2.45) is 5.14 Å². The van der Waals surface area contributed by atoms with Gasteiger partial charge in [0, 0.05) is 18.2 Å². The summed E-state index contributed by atoms with van der Waals surface area (Å²) in [5.41, 5.74) is 1.63. The molecule has 0 bridgehead atoms. The van der Waals surface area contributed by atoms with Crippen molar-refractivity contribution < 1.29 is 22.5 Å². The first-order valence-electron chi connectivity index (χ1n) is 8.46. The molecule has 0 fully saturated rings. The molecule has 0 atom stereocenters. The Morgan fingerprint density at radius 1 is 1.14 bits per heavy atom. The van der Waals surface area contributed by atoms with Crippen molar-refractivity contribution in [3.63, 3.8) is 0 Å². The second kappa shape index (κ2) is 8.24. The SMILES string of the molecule is CCOc1ccc(-c2cc(C(=O)NCc3ccc(S(N)(=O)=O)cc3)no2)cc1. The van der Waals surface area contributed by atoms with Gasteiger partial charge in [-0.3, -0.25) is 4.79 Å². The van der Waals surface area contributed by atoms with E-state index in [2.05, 4.69) is 10.5 Å². The van der Waals surface area contributed by atoms with Gasteiger partial charge in [-0.2, -0.15) is 0 Å². The molecule has 3 N–H and O–H groups in total. The van der Waals surface area contributed by atoms with Gasteiger partial charge >= 0.3 is 0 Å². The van der Waals surface area contributed by atoms with E-state index in [4.69, 9.17) is 14.4 Å². The predicted octanol–water partition coefficient (Wildman–Crippen LogP) is 2.32. The van der Waals surface area contributed by atoms with E-state index >= 15 is 0 Å². The van der Waals surface area contributed by atoms with Gasteiger partial charge in [0.05, 0.1) is 11.5 Å². The van der Waals surface area contributed by atoms with Crippen LogP contribution < -0.4 is 15.2 Å². The van der Waals surface area contributed by atoms with Crippen molar-refractivity contribution in [1.29, 1.82) is 0 Å². The number of sulfonamides is 1. The van der Waals surface area contributed by atoms with E-state index in [1.807, 2.05) is 31.2 Å². The van der Waals surface area contributed by atoms with Gasteiger partial charge in [-0.1, -0.05) is 17.3 Å². The van der Waals surface area contributed by atoms with E-state index in [1.54, 1.807) is 18.2 Å². The maximum atomic E-state index is 12.3. The summed E-state index contributed by atoms with van der Waals surface area (Å²) in [6, 6.07) is 14.7. The molecule has 0 aliphatic rings. The zero-order valence-electron chi connectivity index (χ0n) is 15.1. The maximum Gasteiger partial charge on any atom is 0.273 e. The van der Waals surface area contributed by atoms with Crippen molar-refractivity contribution >= 4 is 15.9 Å². The van der Waals surface area contributed by atoms with Gasteiger partial charge < -0.3 is 14.6 Å². The fourth-order valence-corrected chi connectivity index (χ4v) is 2.99. The first-order valence-corrected chi connectivity index (χ1v) is 10.0. The van der Waals surface area contributed by atoms with Crippen LogP contribution in [0.5, 0.6) is 5.75 Å². The molecule has 0 spiro atoms. The summed E-state index contributed by atoms with van der Waals surface area (Å²) in [4.78, 5) is 12.3. The molecule has 3 aromatic rings. The molecule has 0 saturated carbocycles. The smallest absolute Gasteiger partial charge is 0.273 e. The van der Waals surface area contributed by atoms with Crippen LogP contribution in [0.25, 0.3) is 11.3 Å². The summed E-state index contributed by atoms with van der Waals surface area (Å²) in [6.07, 6.45) is 0. The third-order valence-corrected chi connectivity index (χ3v) is 4.83. The summed E-state index contributed by atoms with van der Waals surface area (Å²) in [5.74, 6) is 0.805. The van der Waals surface area contributed by atoms with Gasteiger partial charge in [-0.05, 0) is 48.9 Å². The Morgan fingerprint density at radius 3 is 2.43 bits per heavy atom. The molecular weight excluding hydrogens is 382 g/mol. The van der Waals surface area contributed by atoms with E-state index in [-0.39, 0.29) is 17.1 Å². The highest BCUT2D eigenvalue weighted by Gasteiger charge is 2.14. The molecule has 8 nitrogen and oxygen atoms in total. The Morgan fingerprint density at radius 2 is 1.82 bits per heavy atom. The molecule has 9 heteroatoms. The van der Waals surface area contributed by atoms with Gasteiger partial charge in [-0.15, -0.1) is 0 Å². The van der Waals surface area contributed by atoms with Gasteiger partial charge in [0.25, 0.3) is 5.91 Å². The third-order valence-electron chi connectivity index (χ3n) is 3.90. The standard InChI is InChI=1S/C19H19N3O5S/c1-2-26-15-7-5-14(6-8-15)18-11-17(22-27-18)19(23)21-12-13-3-9-16(10-4-13)28(20,24)25/h3-11H,2,12H2,1H3,(H,21,23)(H2,20,24,25). The number of carbonyl (C=O) groups is 1. The van der Waals surface area contributed by atoms with Crippen LogP contribution in [0.3, 0.4) is 0 Å². The number of ether oxygens (including phenoxy) is 1. The van der Waals surface area contributed by atoms with Crippen LogP contribution in [0.1, 0.15) is 23.0 Å². The van der Waals surface area contributed by atoms with E-state index in [9.17, 15) is 13.2 Å². The highest BCUT2D eigenvalue weighted by Crippen LogP contribution is 2.23. The predicted molar refractivity (Wildman–Crippen MR) is 102 cm³/mol. The average Bonchev–Trinajstić information content (AvgIpc) is 3.17. The molecule has 0 aliphatic heterocycles. The number of rotatable bonds is 7. The van der Waals surface area contributed by atoms with Crippen LogP contribution in [-0.4, -0.2) is 26.1 Å². The molecule has 1 heterocycles. The molecule has 0 unspecified atom stereocenters. The molecule has 0 saturated heterocycles. The number of nitrogens with two attached hydrogens (primary N) is 1.